The highest BCUT2D eigenvalue weighted by atomic mass is 16.2. The van der Waals surface area contributed by atoms with Gasteiger partial charge in [-0.2, -0.15) is 0 Å². The lowest BCUT2D eigenvalue weighted by Gasteiger charge is -2.18. The fourth-order valence-corrected chi connectivity index (χ4v) is 4.23. The molecule has 1 atom stereocenters. The highest BCUT2D eigenvalue weighted by molar-refractivity contribution is 6.23. The number of nitrogens with one attached hydrogen (secondary N) is 1. The molecule has 2 heterocycles. The van der Waals surface area contributed by atoms with Crippen LogP contribution in [0.4, 0.5) is 17.1 Å². The highest BCUT2D eigenvalue weighted by Gasteiger charge is 2.39. The summed E-state index contributed by atoms with van der Waals surface area (Å²) in [6.45, 7) is 4.40. The van der Waals surface area contributed by atoms with Gasteiger partial charge in [0.25, 0.3) is 5.91 Å². The van der Waals surface area contributed by atoms with Gasteiger partial charge in [-0.25, -0.2) is 4.90 Å². The minimum atomic E-state index is -0.583. The third kappa shape index (κ3) is 3.82. The Kier molecular flexibility index (Phi) is 5.57. The number of aryl methyl sites for hydroxylation is 1. The zero-order valence-electron chi connectivity index (χ0n) is 17.5. The van der Waals surface area contributed by atoms with Crippen molar-refractivity contribution in [1.29, 1.82) is 0 Å². The highest BCUT2D eigenvalue weighted by Crippen LogP contribution is 2.32. The van der Waals surface area contributed by atoms with E-state index in [1.807, 2.05) is 42.5 Å². The number of amides is 3. The van der Waals surface area contributed by atoms with Gasteiger partial charge in [0.2, 0.25) is 11.8 Å². The van der Waals surface area contributed by atoms with Crippen LogP contribution in [0.25, 0.3) is 0 Å². The molecule has 1 N–H and O–H groups in total. The van der Waals surface area contributed by atoms with E-state index in [1.165, 1.54) is 10.5 Å². The van der Waals surface area contributed by atoms with Gasteiger partial charge in [0.15, 0.2) is 0 Å². The summed E-state index contributed by atoms with van der Waals surface area (Å²) in [5.41, 5.74) is 4.63. The number of rotatable bonds is 6. The molecule has 3 amide bonds. The van der Waals surface area contributed by atoms with Crippen LogP contribution in [0.5, 0.6) is 0 Å². The van der Waals surface area contributed by atoms with E-state index < -0.39 is 6.04 Å². The van der Waals surface area contributed by atoms with Crippen molar-refractivity contribution in [3.05, 3.63) is 53.6 Å². The predicted octanol–water partition coefficient (Wildman–Crippen LogP) is 3.68. The van der Waals surface area contributed by atoms with Gasteiger partial charge in [0.05, 0.1) is 12.1 Å². The van der Waals surface area contributed by atoms with Gasteiger partial charge in [0.1, 0.15) is 6.04 Å². The third-order valence-corrected chi connectivity index (χ3v) is 5.86. The summed E-state index contributed by atoms with van der Waals surface area (Å²) in [6.07, 6.45) is 4.18. The van der Waals surface area contributed by atoms with Crippen LogP contribution in [0.1, 0.15) is 44.2 Å². The van der Waals surface area contributed by atoms with Gasteiger partial charge in [-0.1, -0.05) is 25.5 Å². The van der Waals surface area contributed by atoms with Crippen LogP contribution in [0.3, 0.4) is 0 Å². The number of hydrogen-bond acceptors (Lipinski definition) is 4. The standard InChI is InChI=1S/C24H27N3O3/c1-3-4-5-17-6-9-20(10-7-17)27-23(29)15-21(24(27)30)25-19-8-11-22-18(14-19)12-13-26(22)16(2)28/h6-11,14,21,25H,3-5,12-13,15H2,1-2H3/t21-/m1/s1. The molecular formula is C24H27N3O3. The Balaban J connectivity index is 1.46. The molecule has 156 valence electrons. The summed E-state index contributed by atoms with van der Waals surface area (Å²) in [6, 6.07) is 12.9. The quantitative estimate of drug-likeness (QED) is 0.745. The lowest BCUT2D eigenvalue weighted by molar-refractivity contribution is -0.121. The van der Waals surface area contributed by atoms with Crippen molar-refractivity contribution >= 4 is 34.8 Å². The third-order valence-electron chi connectivity index (χ3n) is 5.86. The Bertz CT molecular complexity index is 984. The van der Waals surface area contributed by atoms with Crippen molar-refractivity contribution in [3.63, 3.8) is 0 Å². The lowest BCUT2D eigenvalue weighted by atomic mass is 10.1. The molecule has 30 heavy (non-hydrogen) atoms. The normalized spacial score (nSPS) is 18.1. The summed E-state index contributed by atoms with van der Waals surface area (Å²) >= 11 is 0. The fraction of sp³-hybridized carbons (Fsp3) is 0.375. The number of carbonyl (C=O) groups excluding carboxylic acids is 3. The fourth-order valence-electron chi connectivity index (χ4n) is 4.23. The number of fused-ring (bicyclic) bond motifs is 1. The molecule has 2 aliphatic heterocycles. The summed E-state index contributed by atoms with van der Waals surface area (Å²) in [5.74, 6) is -0.391. The van der Waals surface area contributed by atoms with E-state index in [2.05, 4.69) is 12.2 Å². The number of anilines is 3. The number of carbonyl (C=O) groups is 3. The van der Waals surface area contributed by atoms with E-state index in [1.54, 1.807) is 11.8 Å². The van der Waals surface area contributed by atoms with Crippen LogP contribution < -0.4 is 15.1 Å². The van der Waals surface area contributed by atoms with Crippen molar-refractivity contribution in [2.75, 3.05) is 21.7 Å². The number of hydrogen-bond donors (Lipinski definition) is 1. The Morgan fingerprint density at radius 2 is 1.90 bits per heavy atom. The molecular weight excluding hydrogens is 378 g/mol. The maximum absolute atomic E-state index is 12.9. The van der Waals surface area contributed by atoms with Gasteiger partial charge >= 0.3 is 0 Å². The second-order valence-corrected chi connectivity index (χ2v) is 8.00. The molecule has 2 aromatic carbocycles. The van der Waals surface area contributed by atoms with Crippen LogP contribution in [0.15, 0.2) is 42.5 Å². The first-order valence-electron chi connectivity index (χ1n) is 10.6. The molecule has 0 radical (unpaired) electrons. The molecule has 4 rings (SSSR count). The average Bonchev–Trinajstić information content (AvgIpc) is 3.27. The van der Waals surface area contributed by atoms with Crippen LogP contribution in [0, 0.1) is 0 Å². The first-order valence-corrected chi connectivity index (χ1v) is 10.6. The van der Waals surface area contributed by atoms with Crippen molar-refractivity contribution in [2.45, 2.75) is 52.0 Å². The number of unbranched alkanes of at least 4 members (excludes halogenated alkanes) is 1. The molecule has 0 spiro atoms. The number of imide groups is 1. The minimum Gasteiger partial charge on any atom is -0.373 e. The Labute approximate surface area is 176 Å². The molecule has 2 aliphatic rings. The van der Waals surface area contributed by atoms with Gasteiger partial charge in [-0.3, -0.25) is 14.4 Å². The number of nitrogens with zero attached hydrogens (tertiary/aromatic N) is 2. The maximum atomic E-state index is 12.9. The molecule has 0 aromatic heterocycles. The Morgan fingerprint density at radius 3 is 2.60 bits per heavy atom. The number of benzene rings is 2. The average molecular weight is 405 g/mol. The zero-order valence-corrected chi connectivity index (χ0v) is 17.5. The Hall–Kier alpha value is -3.15. The molecule has 1 saturated heterocycles. The van der Waals surface area contributed by atoms with E-state index in [9.17, 15) is 14.4 Å². The minimum absolute atomic E-state index is 0.0300. The second kappa shape index (κ2) is 8.30. The van der Waals surface area contributed by atoms with E-state index in [0.717, 1.165) is 42.6 Å². The summed E-state index contributed by atoms with van der Waals surface area (Å²) in [5, 5.41) is 3.22. The van der Waals surface area contributed by atoms with Crippen LogP contribution in [0.2, 0.25) is 0 Å². The summed E-state index contributed by atoms with van der Waals surface area (Å²) in [4.78, 5) is 40.3. The largest absolute Gasteiger partial charge is 0.373 e. The smallest absolute Gasteiger partial charge is 0.256 e. The SMILES string of the molecule is CCCCc1ccc(N2C(=O)C[C@@H](Nc3ccc4c(c3)CCN4C(C)=O)C2=O)cc1. The molecule has 1 fully saturated rings. The van der Waals surface area contributed by atoms with Crippen molar-refractivity contribution in [3.8, 4) is 0 Å². The predicted molar refractivity (Wildman–Crippen MR) is 118 cm³/mol. The maximum Gasteiger partial charge on any atom is 0.256 e. The van der Waals surface area contributed by atoms with E-state index in [4.69, 9.17) is 0 Å². The van der Waals surface area contributed by atoms with Crippen LogP contribution in [-0.4, -0.2) is 30.3 Å². The van der Waals surface area contributed by atoms with Crippen molar-refractivity contribution < 1.29 is 14.4 Å². The molecule has 6 heteroatoms. The molecule has 0 saturated carbocycles. The summed E-state index contributed by atoms with van der Waals surface area (Å²) < 4.78 is 0. The van der Waals surface area contributed by atoms with Crippen LogP contribution >= 0.6 is 0 Å². The van der Waals surface area contributed by atoms with Crippen molar-refractivity contribution in [1.82, 2.24) is 0 Å². The first-order chi connectivity index (χ1) is 14.5. The second-order valence-electron chi connectivity index (χ2n) is 8.00. The van der Waals surface area contributed by atoms with E-state index >= 15 is 0 Å². The topological polar surface area (TPSA) is 69.7 Å². The molecule has 0 bridgehead atoms. The van der Waals surface area contributed by atoms with E-state index in [-0.39, 0.29) is 24.1 Å². The van der Waals surface area contributed by atoms with Crippen molar-refractivity contribution in [2.24, 2.45) is 0 Å². The van der Waals surface area contributed by atoms with Crippen LogP contribution in [-0.2, 0) is 27.2 Å². The van der Waals surface area contributed by atoms with E-state index in [0.29, 0.717) is 12.2 Å². The zero-order chi connectivity index (χ0) is 21.3. The van der Waals surface area contributed by atoms with Gasteiger partial charge in [-0.05, 0) is 60.7 Å². The molecule has 6 nitrogen and oxygen atoms in total. The summed E-state index contributed by atoms with van der Waals surface area (Å²) in [7, 11) is 0. The lowest BCUT2D eigenvalue weighted by Crippen LogP contribution is -2.34. The van der Waals surface area contributed by atoms with Gasteiger partial charge in [-0.15, -0.1) is 0 Å². The first kappa shape index (κ1) is 20.1. The van der Waals surface area contributed by atoms with Gasteiger partial charge in [0, 0.05) is 24.8 Å². The van der Waals surface area contributed by atoms with Gasteiger partial charge < -0.3 is 10.2 Å². The molecule has 0 aliphatic carbocycles. The molecule has 0 unspecified atom stereocenters. The Morgan fingerprint density at radius 1 is 1.13 bits per heavy atom. The monoisotopic (exact) mass is 405 g/mol. The molecule has 2 aromatic rings.